The summed E-state index contributed by atoms with van der Waals surface area (Å²) in [6, 6.07) is 5.45. The molecule has 0 bridgehead atoms. The fourth-order valence-electron chi connectivity index (χ4n) is 3.31. The van der Waals surface area contributed by atoms with Crippen molar-refractivity contribution in [3.05, 3.63) is 52.3 Å². The largest absolute Gasteiger partial charge is 0.493 e. The maximum absolute atomic E-state index is 12.9. The van der Waals surface area contributed by atoms with Crippen LogP contribution >= 0.6 is 11.8 Å². The van der Waals surface area contributed by atoms with Crippen LogP contribution in [0.3, 0.4) is 0 Å². The molecule has 1 amide bonds. The second kappa shape index (κ2) is 9.17. The number of nitrogens with one attached hydrogen (secondary N) is 1. The number of carbonyl (C=O) groups excluding carboxylic acids is 1. The first-order valence-corrected chi connectivity index (χ1v) is 10.4. The highest BCUT2D eigenvalue weighted by Crippen LogP contribution is 2.39. The summed E-state index contributed by atoms with van der Waals surface area (Å²) in [6.07, 6.45) is 2.78. The first-order chi connectivity index (χ1) is 14.0. The van der Waals surface area contributed by atoms with Gasteiger partial charge in [-0.3, -0.25) is 9.59 Å². The van der Waals surface area contributed by atoms with Gasteiger partial charge in [0.15, 0.2) is 16.7 Å². The number of methoxy groups -OCH3 is 1. The number of carbonyl (C=O) groups is 1. The molecule has 0 saturated heterocycles. The molecular weight excluding hydrogens is 390 g/mol. The molecular formula is C21H25N3O4S. The molecule has 0 unspecified atom stereocenters. The molecule has 3 rings (SSSR count). The van der Waals surface area contributed by atoms with E-state index in [0.29, 0.717) is 34.6 Å². The van der Waals surface area contributed by atoms with Gasteiger partial charge in [-0.15, -0.1) is 0 Å². The zero-order valence-corrected chi connectivity index (χ0v) is 17.7. The van der Waals surface area contributed by atoms with Crippen LogP contribution < -0.4 is 20.3 Å². The third-order valence-corrected chi connectivity index (χ3v) is 5.92. The van der Waals surface area contributed by atoms with Crippen molar-refractivity contribution in [1.29, 1.82) is 0 Å². The molecule has 0 fully saturated rings. The predicted molar refractivity (Wildman–Crippen MR) is 114 cm³/mol. The average molecular weight is 416 g/mol. The SMILES string of the molecule is C=CCOc1ccc([C@@H]2CC(=O)Nc3c2c(=O)nc(SCCC)n3C)cc1OC. The monoisotopic (exact) mass is 415 g/mol. The molecule has 1 aromatic heterocycles. The highest BCUT2D eigenvalue weighted by atomic mass is 32.2. The number of aromatic nitrogens is 2. The van der Waals surface area contributed by atoms with E-state index >= 15 is 0 Å². The first-order valence-electron chi connectivity index (χ1n) is 9.45. The van der Waals surface area contributed by atoms with Crippen molar-refractivity contribution in [1.82, 2.24) is 9.55 Å². The lowest BCUT2D eigenvalue weighted by molar-refractivity contribution is -0.116. The molecule has 7 nitrogen and oxygen atoms in total. The van der Waals surface area contributed by atoms with Gasteiger partial charge in [0.25, 0.3) is 5.56 Å². The summed E-state index contributed by atoms with van der Waals surface area (Å²) < 4.78 is 12.8. The Morgan fingerprint density at radius 2 is 2.17 bits per heavy atom. The summed E-state index contributed by atoms with van der Waals surface area (Å²) in [7, 11) is 3.37. The number of ether oxygens (including phenoxy) is 2. The third-order valence-electron chi connectivity index (χ3n) is 4.68. The molecule has 1 aliphatic rings. The molecule has 1 atom stereocenters. The summed E-state index contributed by atoms with van der Waals surface area (Å²) in [6.45, 7) is 6.06. The molecule has 1 N–H and O–H groups in total. The zero-order valence-electron chi connectivity index (χ0n) is 16.9. The summed E-state index contributed by atoms with van der Waals surface area (Å²) in [4.78, 5) is 29.6. The smallest absolute Gasteiger partial charge is 0.279 e. The van der Waals surface area contributed by atoms with Crippen molar-refractivity contribution in [2.24, 2.45) is 7.05 Å². The van der Waals surface area contributed by atoms with Gasteiger partial charge in [0.1, 0.15) is 12.4 Å². The Kier molecular flexibility index (Phi) is 6.64. The molecule has 2 heterocycles. The van der Waals surface area contributed by atoms with E-state index in [1.807, 2.05) is 19.2 Å². The molecule has 0 radical (unpaired) electrons. The first kappa shape index (κ1) is 21.0. The highest BCUT2D eigenvalue weighted by Gasteiger charge is 2.32. The highest BCUT2D eigenvalue weighted by molar-refractivity contribution is 7.99. The molecule has 0 aliphatic carbocycles. The third kappa shape index (κ3) is 4.32. The fraction of sp³-hybridized carbons (Fsp3) is 0.381. The van der Waals surface area contributed by atoms with Crippen molar-refractivity contribution >= 4 is 23.5 Å². The van der Waals surface area contributed by atoms with Crippen LogP contribution in [0.1, 0.15) is 36.8 Å². The molecule has 1 aliphatic heterocycles. The fourth-order valence-corrected chi connectivity index (χ4v) is 4.13. The van der Waals surface area contributed by atoms with Gasteiger partial charge in [0.2, 0.25) is 5.91 Å². The minimum atomic E-state index is -0.405. The summed E-state index contributed by atoms with van der Waals surface area (Å²) in [5, 5.41) is 3.46. The Hall–Kier alpha value is -2.74. The van der Waals surface area contributed by atoms with E-state index in [9.17, 15) is 9.59 Å². The number of amides is 1. The van der Waals surface area contributed by atoms with Gasteiger partial charge in [-0.25, -0.2) is 0 Å². The molecule has 8 heteroatoms. The molecule has 0 spiro atoms. The van der Waals surface area contributed by atoms with E-state index in [4.69, 9.17) is 9.47 Å². The van der Waals surface area contributed by atoms with E-state index in [2.05, 4.69) is 23.8 Å². The number of anilines is 1. The number of hydrogen-bond donors (Lipinski definition) is 1. The van der Waals surface area contributed by atoms with Crippen molar-refractivity contribution in [2.45, 2.75) is 30.8 Å². The van der Waals surface area contributed by atoms with Crippen LogP contribution in [-0.2, 0) is 11.8 Å². The molecule has 154 valence electrons. The second-order valence-corrected chi connectivity index (χ2v) is 7.75. The van der Waals surface area contributed by atoms with Gasteiger partial charge in [0, 0.05) is 25.1 Å². The van der Waals surface area contributed by atoms with Crippen LogP contribution in [0.25, 0.3) is 0 Å². The Morgan fingerprint density at radius 3 is 2.86 bits per heavy atom. The van der Waals surface area contributed by atoms with E-state index in [-0.39, 0.29) is 17.9 Å². The van der Waals surface area contributed by atoms with Gasteiger partial charge >= 0.3 is 0 Å². The molecule has 0 saturated carbocycles. The topological polar surface area (TPSA) is 82.5 Å². The number of hydrogen-bond acceptors (Lipinski definition) is 6. The maximum Gasteiger partial charge on any atom is 0.279 e. The number of fused-ring (bicyclic) bond motifs is 1. The van der Waals surface area contributed by atoms with Gasteiger partial charge in [0.05, 0.1) is 12.7 Å². The standard InChI is InChI=1S/C21H25N3O4S/c1-5-9-28-15-8-7-13(11-16(15)27-4)14-12-17(25)22-19-18(14)20(26)23-21(24(19)3)29-10-6-2/h5,7-8,11,14H,1,6,9-10,12H2,2-4H3,(H,22,25)/t14-/m0/s1. The summed E-state index contributed by atoms with van der Waals surface area (Å²) in [5.41, 5.74) is 0.985. The second-order valence-electron chi connectivity index (χ2n) is 6.68. The summed E-state index contributed by atoms with van der Waals surface area (Å²) >= 11 is 1.50. The Balaban J connectivity index is 2.07. The number of thioether (sulfide) groups is 1. The van der Waals surface area contributed by atoms with Gasteiger partial charge in [-0.05, 0) is 24.1 Å². The zero-order chi connectivity index (χ0) is 21.0. The van der Waals surface area contributed by atoms with Crippen LogP contribution in [-0.4, -0.2) is 34.9 Å². The minimum absolute atomic E-state index is 0.138. The lowest BCUT2D eigenvalue weighted by Crippen LogP contribution is -2.33. The predicted octanol–water partition coefficient (Wildman–Crippen LogP) is 3.33. The Labute approximate surface area is 174 Å². The van der Waals surface area contributed by atoms with Crippen molar-refractivity contribution in [3.63, 3.8) is 0 Å². The van der Waals surface area contributed by atoms with Crippen LogP contribution in [0.2, 0.25) is 0 Å². The normalized spacial score (nSPS) is 15.4. The Morgan fingerprint density at radius 1 is 1.38 bits per heavy atom. The lowest BCUT2D eigenvalue weighted by Gasteiger charge is -2.28. The van der Waals surface area contributed by atoms with E-state index in [1.54, 1.807) is 23.8 Å². The van der Waals surface area contributed by atoms with Crippen molar-refractivity contribution in [3.8, 4) is 11.5 Å². The van der Waals surface area contributed by atoms with E-state index < -0.39 is 5.92 Å². The van der Waals surface area contributed by atoms with Gasteiger partial charge in [-0.1, -0.05) is 37.4 Å². The van der Waals surface area contributed by atoms with E-state index in [0.717, 1.165) is 17.7 Å². The van der Waals surface area contributed by atoms with Crippen LogP contribution in [0.4, 0.5) is 5.82 Å². The average Bonchev–Trinajstić information content (AvgIpc) is 2.72. The van der Waals surface area contributed by atoms with Gasteiger partial charge < -0.3 is 19.4 Å². The minimum Gasteiger partial charge on any atom is -0.493 e. The number of benzene rings is 1. The Bertz CT molecular complexity index is 987. The van der Waals surface area contributed by atoms with E-state index in [1.165, 1.54) is 11.8 Å². The number of rotatable bonds is 8. The van der Waals surface area contributed by atoms with Crippen molar-refractivity contribution in [2.75, 3.05) is 24.8 Å². The molecule has 29 heavy (non-hydrogen) atoms. The number of nitrogens with zero attached hydrogens (tertiary/aromatic N) is 2. The van der Waals surface area contributed by atoms with Crippen LogP contribution in [0, 0.1) is 0 Å². The molecule has 2 aromatic rings. The van der Waals surface area contributed by atoms with Crippen molar-refractivity contribution < 1.29 is 14.3 Å². The lowest BCUT2D eigenvalue weighted by atomic mass is 9.86. The quantitative estimate of drug-likeness (QED) is 0.405. The van der Waals surface area contributed by atoms with Gasteiger partial charge in [-0.2, -0.15) is 4.98 Å². The van der Waals surface area contributed by atoms with Crippen LogP contribution in [0.5, 0.6) is 11.5 Å². The maximum atomic E-state index is 12.9. The van der Waals surface area contributed by atoms with Crippen LogP contribution in [0.15, 0.2) is 40.8 Å². The summed E-state index contributed by atoms with van der Waals surface area (Å²) in [5.74, 6) is 1.93. The molecule has 1 aromatic carbocycles.